The molecule has 0 amide bonds. The number of nitrogens with zero attached hydrogens (tertiary/aromatic N) is 1. The topological polar surface area (TPSA) is 28.7 Å². The number of rotatable bonds is 2. The lowest BCUT2D eigenvalue weighted by Crippen LogP contribution is -1.86. The van der Waals surface area contributed by atoms with Gasteiger partial charge in [0.25, 0.3) is 0 Å². The number of halogens is 1. The first-order chi connectivity index (χ1) is 7.84. The smallest absolute Gasteiger partial charge is 0.148 e. The van der Waals surface area contributed by atoms with Crippen molar-refractivity contribution in [2.24, 2.45) is 0 Å². The van der Waals surface area contributed by atoms with Crippen molar-refractivity contribution in [3.63, 3.8) is 0 Å². The molecule has 0 saturated heterocycles. The lowest BCUT2D eigenvalue weighted by Gasteiger charge is -2.01. The Morgan fingerprint density at radius 1 is 1.25 bits per heavy atom. The van der Waals surface area contributed by atoms with Crippen molar-refractivity contribution in [3.8, 4) is 0 Å². The molecule has 0 saturated carbocycles. The maximum absolute atomic E-state index is 6.14. The summed E-state index contributed by atoms with van der Waals surface area (Å²) in [6.45, 7) is 0. The van der Waals surface area contributed by atoms with Gasteiger partial charge in [-0.15, -0.1) is 11.3 Å². The van der Waals surface area contributed by atoms with Gasteiger partial charge < -0.3 is 4.98 Å². The number of hydrogen-bond acceptors (Lipinski definition) is 2. The third kappa shape index (κ3) is 1.62. The molecule has 3 rings (SSSR count). The van der Waals surface area contributed by atoms with E-state index < -0.39 is 0 Å². The second kappa shape index (κ2) is 3.92. The summed E-state index contributed by atoms with van der Waals surface area (Å²) in [4.78, 5) is 7.40. The summed E-state index contributed by atoms with van der Waals surface area (Å²) in [6, 6.07) is 7.94. The van der Waals surface area contributed by atoms with Gasteiger partial charge in [0.2, 0.25) is 0 Å². The summed E-state index contributed by atoms with van der Waals surface area (Å²) in [7, 11) is 0. The summed E-state index contributed by atoms with van der Waals surface area (Å²) >= 11 is 7.80. The van der Waals surface area contributed by atoms with E-state index >= 15 is 0 Å². The normalized spacial score (nSPS) is 11.1. The van der Waals surface area contributed by atoms with Gasteiger partial charge in [0.1, 0.15) is 5.65 Å². The molecule has 1 aromatic carbocycles. The van der Waals surface area contributed by atoms with Gasteiger partial charge in [-0.05, 0) is 17.2 Å². The third-order valence-electron chi connectivity index (χ3n) is 2.58. The minimum atomic E-state index is 0.821. The summed E-state index contributed by atoms with van der Waals surface area (Å²) < 4.78 is 1.22. The van der Waals surface area contributed by atoms with Gasteiger partial charge in [0, 0.05) is 17.6 Å². The highest BCUT2D eigenvalue weighted by Gasteiger charge is 2.08. The number of nitrogens with one attached hydrogen (secondary N) is 1. The van der Waals surface area contributed by atoms with Gasteiger partial charge in [-0.25, -0.2) is 4.98 Å². The molecule has 1 N–H and O–H groups in total. The number of H-pyrrole nitrogens is 1. The van der Waals surface area contributed by atoms with Crippen LogP contribution in [-0.2, 0) is 6.42 Å². The van der Waals surface area contributed by atoms with Crippen LogP contribution in [0.4, 0.5) is 0 Å². The average Bonchev–Trinajstić information content (AvgIpc) is 2.86. The van der Waals surface area contributed by atoms with E-state index in [1.807, 2.05) is 29.9 Å². The van der Waals surface area contributed by atoms with Crippen molar-refractivity contribution in [2.45, 2.75) is 6.42 Å². The van der Waals surface area contributed by atoms with Crippen LogP contribution in [0.2, 0.25) is 5.02 Å². The molecule has 80 valence electrons. The van der Waals surface area contributed by atoms with Gasteiger partial charge in [0.05, 0.1) is 10.2 Å². The Kier molecular flexibility index (Phi) is 2.42. The number of aromatic nitrogens is 2. The van der Waals surface area contributed by atoms with Crippen molar-refractivity contribution < 1.29 is 0 Å². The van der Waals surface area contributed by atoms with E-state index in [9.17, 15) is 0 Å². The number of hydrogen-bond donors (Lipinski definition) is 1. The van der Waals surface area contributed by atoms with Crippen LogP contribution in [0.1, 0.15) is 11.1 Å². The first kappa shape index (κ1) is 9.87. The fraction of sp³-hybridized carbons (Fsp3) is 0.0833. The van der Waals surface area contributed by atoms with Crippen molar-refractivity contribution >= 4 is 33.3 Å². The number of thiazole rings is 1. The fourth-order valence-corrected chi connectivity index (χ4v) is 2.75. The first-order valence-corrected chi connectivity index (χ1v) is 6.23. The molecular formula is C12H9ClN2S. The molecule has 2 heterocycles. The summed E-state index contributed by atoms with van der Waals surface area (Å²) in [5, 5.41) is 0.821. The molecule has 0 radical (unpaired) electrons. The van der Waals surface area contributed by atoms with Crippen LogP contribution in [0.25, 0.3) is 10.3 Å². The van der Waals surface area contributed by atoms with Gasteiger partial charge in [-0.1, -0.05) is 29.8 Å². The van der Waals surface area contributed by atoms with Gasteiger partial charge in [-0.2, -0.15) is 0 Å². The second-order valence-corrected chi connectivity index (χ2v) is 4.87. The zero-order valence-corrected chi connectivity index (χ0v) is 9.98. The van der Waals surface area contributed by atoms with E-state index in [-0.39, 0.29) is 0 Å². The molecule has 16 heavy (non-hydrogen) atoms. The molecule has 0 aliphatic rings. The zero-order chi connectivity index (χ0) is 11.0. The molecule has 0 bridgehead atoms. The highest BCUT2D eigenvalue weighted by Crippen LogP contribution is 2.26. The Morgan fingerprint density at radius 2 is 2.12 bits per heavy atom. The Bertz CT molecular complexity index is 627. The predicted octanol–water partition coefficient (Wildman–Crippen LogP) is 3.87. The zero-order valence-electron chi connectivity index (χ0n) is 8.40. The molecule has 0 aliphatic carbocycles. The van der Waals surface area contributed by atoms with Crippen LogP contribution in [-0.4, -0.2) is 9.97 Å². The molecule has 0 fully saturated rings. The summed E-state index contributed by atoms with van der Waals surface area (Å²) in [5.41, 5.74) is 5.23. The average molecular weight is 249 g/mol. The van der Waals surface area contributed by atoms with Gasteiger partial charge >= 0.3 is 0 Å². The molecule has 0 spiro atoms. The van der Waals surface area contributed by atoms with Crippen LogP contribution in [0.5, 0.6) is 0 Å². The minimum Gasteiger partial charge on any atom is -0.345 e. The Labute approximate surface area is 102 Å². The number of benzene rings is 1. The minimum absolute atomic E-state index is 0.821. The number of fused-ring (bicyclic) bond motifs is 1. The van der Waals surface area contributed by atoms with E-state index in [1.165, 1.54) is 10.3 Å². The fourth-order valence-electron chi connectivity index (χ4n) is 1.78. The molecule has 0 atom stereocenters. The second-order valence-electron chi connectivity index (χ2n) is 3.61. The predicted molar refractivity (Wildman–Crippen MR) is 68.2 cm³/mol. The van der Waals surface area contributed by atoms with Crippen LogP contribution in [0, 0.1) is 0 Å². The molecule has 0 unspecified atom stereocenters. The quantitative estimate of drug-likeness (QED) is 0.733. The Hall–Kier alpha value is -1.32. The SMILES string of the molecule is Clc1ccccc1Cc1c[nH]c2ncsc12. The van der Waals surface area contributed by atoms with Gasteiger partial charge in [0.15, 0.2) is 0 Å². The molecule has 3 aromatic rings. The summed E-state index contributed by atoms with van der Waals surface area (Å²) in [5.74, 6) is 0. The van der Waals surface area contributed by atoms with Crippen molar-refractivity contribution in [1.82, 2.24) is 9.97 Å². The molecule has 2 nitrogen and oxygen atoms in total. The van der Waals surface area contributed by atoms with E-state index in [4.69, 9.17) is 11.6 Å². The molecular weight excluding hydrogens is 240 g/mol. The Morgan fingerprint density at radius 3 is 3.00 bits per heavy atom. The first-order valence-electron chi connectivity index (χ1n) is 4.97. The summed E-state index contributed by atoms with van der Waals surface area (Å²) in [6.07, 6.45) is 2.86. The van der Waals surface area contributed by atoms with Crippen LogP contribution < -0.4 is 0 Å². The van der Waals surface area contributed by atoms with E-state index in [1.54, 1.807) is 11.3 Å². The molecule has 0 aliphatic heterocycles. The third-order valence-corrected chi connectivity index (χ3v) is 3.85. The standard InChI is InChI=1S/C12H9ClN2S/c13-10-4-2-1-3-8(10)5-9-6-14-12-11(9)16-7-15-12/h1-4,6-7,14H,5H2. The highest BCUT2D eigenvalue weighted by molar-refractivity contribution is 7.16. The van der Waals surface area contributed by atoms with Crippen molar-refractivity contribution in [1.29, 1.82) is 0 Å². The van der Waals surface area contributed by atoms with Gasteiger partial charge in [-0.3, -0.25) is 0 Å². The van der Waals surface area contributed by atoms with E-state index in [2.05, 4.69) is 16.0 Å². The van der Waals surface area contributed by atoms with E-state index in [0.29, 0.717) is 0 Å². The maximum Gasteiger partial charge on any atom is 0.148 e. The number of aromatic amines is 1. The largest absolute Gasteiger partial charge is 0.345 e. The van der Waals surface area contributed by atoms with Crippen LogP contribution >= 0.6 is 22.9 Å². The lowest BCUT2D eigenvalue weighted by molar-refractivity contribution is 1.21. The lowest BCUT2D eigenvalue weighted by atomic mass is 10.1. The highest BCUT2D eigenvalue weighted by atomic mass is 35.5. The monoisotopic (exact) mass is 248 g/mol. The van der Waals surface area contributed by atoms with Crippen molar-refractivity contribution in [2.75, 3.05) is 0 Å². The van der Waals surface area contributed by atoms with Crippen LogP contribution in [0.3, 0.4) is 0 Å². The molecule has 4 heteroatoms. The van der Waals surface area contributed by atoms with Crippen LogP contribution in [0.15, 0.2) is 36.0 Å². The van der Waals surface area contributed by atoms with Crippen molar-refractivity contribution in [3.05, 3.63) is 52.1 Å². The Balaban J connectivity index is 2.02. The molecule has 2 aromatic heterocycles. The van der Waals surface area contributed by atoms with E-state index in [0.717, 1.165) is 22.7 Å². The maximum atomic E-state index is 6.14.